The smallest absolute Gasteiger partial charge is 0.255 e. The molecule has 4 aromatic rings. The lowest BCUT2D eigenvalue weighted by Gasteiger charge is -2.15. The Balaban J connectivity index is 1.63. The molecule has 166 valence electrons. The van der Waals surface area contributed by atoms with Crippen LogP contribution >= 0.6 is 0 Å². The summed E-state index contributed by atoms with van der Waals surface area (Å²) in [5.41, 5.74) is 9.53. The first kappa shape index (κ1) is 22.0. The van der Waals surface area contributed by atoms with Gasteiger partial charge in [-0.05, 0) is 62.2 Å². The van der Waals surface area contributed by atoms with Crippen molar-refractivity contribution in [1.82, 2.24) is 19.9 Å². The van der Waals surface area contributed by atoms with Crippen molar-refractivity contribution >= 4 is 17.4 Å². The summed E-state index contributed by atoms with van der Waals surface area (Å²) in [4.78, 5) is 29.4. The van der Waals surface area contributed by atoms with Gasteiger partial charge in [0.15, 0.2) is 0 Å². The fourth-order valence-corrected chi connectivity index (χ4v) is 3.37. The van der Waals surface area contributed by atoms with Gasteiger partial charge in [0, 0.05) is 47.0 Å². The van der Waals surface area contributed by atoms with Gasteiger partial charge in [0.2, 0.25) is 0 Å². The van der Waals surface area contributed by atoms with Crippen LogP contribution in [-0.2, 0) is 5.67 Å². The number of rotatable bonds is 5. The summed E-state index contributed by atoms with van der Waals surface area (Å²) >= 11 is 0. The van der Waals surface area contributed by atoms with Gasteiger partial charge in [-0.25, -0.2) is 14.4 Å². The van der Waals surface area contributed by atoms with Crippen molar-refractivity contribution in [3.63, 3.8) is 0 Å². The van der Waals surface area contributed by atoms with Crippen LogP contribution in [0.25, 0.3) is 22.4 Å². The van der Waals surface area contributed by atoms with Gasteiger partial charge in [-0.3, -0.25) is 14.8 Å². The molecule has 1 aromatic carbocycles. The summed E-state index contributed by atoms with van der Waals surface area (Å²) in [6, 6.07) is 12.3. The predicted octanol–water partition coefficient (Wildman–Crippen LogP) is 4.95. The molecule has 0 aliphatic rings. The summed E-state index contributed by atoms with van der Waals surface area (Å²) in [5, 5.41) is 2.88. The zero-order chi connectivity index (χ0) is 23.6. The van der Waals surface area contributed by atoms with Crippen LogP contribution in [0.3, 0.4) is 0 Å². The lowest BCUT2D eigenvalue weighted by molar-refractivity contribution is 0.102. The average Bonchev–Trinajstić information content (AvgIpc) is 2.80. The summed E-state index contributed by atoms with van der Waals surface area (Å²) < 4.78 is 14.2. The molecule has 3 aromatic heterocycles. The quantitative estimate of drug-likeness (QED) is 0.453. The normalized spacial score (nSPS) is 11.3. The Hall–Kier alpha value is -4.20. The van der Waals surface area contributed by atoms with Crippen LogP contribution in [-0.4, -0.2) is 25.8 Å². The summed E-state index contributed by atoms with van der Waals surface area (Å²) in [6.45, 7) is 4.79. The van der Waals surface area contributed by atoms with E-state index >= 15 is 0 Å². The number of aryl methyl sites for hydroxylation is 1. The molecule has 3 N–H and O–H groups in total. The molecule has 8 heteroatoms. The Kier molecular flexibility index (Phi) is 5.83. The second kappa shape index (κ2) is 8.74. The number of hydrogen-bond donors (Lipinski definition) is 2. The van der Waals surface area contributed by atoms with Crippen molar-refractivity contribution in [1.29, 1.82) is 0 Å². The third-order valence-corrected chi connectivity index (χ3v) is 5.16. The number of nitrogens with one attached hydrogen (secondary N) is 1. The van der Waals surface area contributed by atoms with E-state index in [0.29, 0.717) is 22.8 Å². The molecule has 0 unspecified atom stereocenters. The second-order valence-electron chi connectivity index (χ2n) is 8.18. The van der Waals surface area contributed by atoms with E-state index in [2.05, 4.69) is 25.3 Å². The van der Waals surface area contributed by atoms with Crippen molar-refractivity contribution in [3.8, 4) is 22.4 Å². The van der Waals surface area contributed by atoms with Gasteiger partial charge in [0.25, 0.3) is 5.91 Å². The lowest BCUT2D eigenvalue weighted by atomic mass is 9.99. The topological polar surface area (TPSA) is 107 Å². The lowest BCUT2D eigenvalue weighted by Crippen LogP contribution is -2.16. The van der Waals surface area contributed by atoms with Crippen molar-refractivity contribution in [2.45, 2.75) is 26.4 Å². The Morgan fingerprint density at radius 3 is 2.55 bits per heavy atom. The number of anilines is 2. The van der Waals surface area contributed by atoms with Crippen molar-refractivity contribution in [2.75, 3.05) is 11.1 Å². The van der Waals surface area contributed by atoms with E-state index < -0.39 is 5.67 Å². The van der Waals surface area contributed by atoms with Crippen LogP contribution < -0.4 is 11.1 Å². The minimum atomic E-state index is -1.64. The number of carbonyl (C=O) groups is 1. The fourth-order valence-electron chi connectivity index (χ4n) is 3.37. The largest absolute Gasteiger partial charge is 0.384 e. The number of halogens is 1. The molecule has 3 heterocycles. The van der Waals surface area contributed by atoms with Gasteiger partial charge in [-0.15, -0.1) is 0 Å². The van der Waals surface area contributed by atoms with Crippen molar-refractivity contribution < 1.29 is 9.18 Å². The van der Waals surface area contributed by atoms with E-state index in [0.717, 1.165) is 22.3 Å². The first-order chi connectivity index (χ1) is 15.7. The molecule has 0 saturated heterocycles. The standard InChI is InChI=1S/C25H23FN6O/c1-15-4-5-19(32-24(33)16-6-7-29-22(9-16)25(2,3)26)10-20(15)17-8-18(13-28-12-17)21-11-23(27)31-14-30-21/h4-14H,1-3H3,(H,32,33)(H2,27,30,31). The van der Waals surface area contributed by atoms with Crippen molar-refractivity contribution in [3.05, 3.63) is 84.2 Å². The van der Waals surface area contributed by atoms with E-state index in [1.807, 2.05) is 31.2 Å². The van der Waals surface area contributed by atoms with Crippen LogP contribution in [0, 0.1) is 6.92 Å². The minimum absolute atomic E-state index is 0.202. The number of hydrogen-bond acceptors (Lipinski definition) is 6. The number of nitrogen functional groups attached to an aromatic ring is 1. The molecule has 0 atom stereocenters. The monoisotopic (exact) mass is 442 g/mol. The number of amides is 1. The Morgan fingerprint density at radius 2 is 1.79 bits per heavy atom. The Morgan fingerprint density at radius 1 is 1.00 bits per heavy atom. The van der Waals surface area contributed by atoms with E-state index in [-0.39, 0.29) is 11.6 Å². The van der Waals surface area contributed by atoms with E-state index in [1.54, 1.807) is 24.5 Å². The third-order valence-electron chi connectivity index (χ3n) is 5.16. The molecular weight excluding hydrogens is 419 g/mol. The number of nitrogens with two attached hydrogens (primary N) is 1. The third kappa shape index (κ3) is 5.01. The van der Waals surface area contributed by atoms with Gasteiger partial charge in [-0.2, -0.15) is 0 Å². The molecule has 33 heavy (non-hydrogen) atoms. The maximum atomic E-state index is 14.2. The Bertz CT molecular complexity index is 1330. The first-order valence-electron chi connectivity index (χ1n) is 10.3. The highest BCUT2D eigenvalue weighted by Crippen LogP contribution is 2.30. The van der Waals surface area contributed by atoms with E-state index in [4.69, 9.17) is 5.73 Å². The maximum absolute atomic E-state index is 14.2. The van der Waals surface area contributed by atoms with Crippen LogP contribution in [0.1, 0.15) is 35.5 Å². The molecular formula is C25H23FN6O. The van der Waals surface area contributed by atoms with Gasteiger partial charge in [0.05, 0.1) is 11.4 Å². The van der Waals surface area contributed by atoms with Crippen LogP contribution in [0.2, 0.25) is 0 Å². The average molecular weight is 442 g/mol. The first-order valence-corrected chi connectivity index (χ1v) is 10.3. The highest BCUT2D eigenvalue weighted by Gasteiger charge is 2.22. The number of nitrogens with zero attached hydrogens (tertiary/aromatic N) is 4. The van der Waals surface area contributed by atoms with Crippen LogP contribution in [0.15, 0.2) is 67.4 Å². The molecule has 1 amide bonds. The molecule has 0 aliphatic carbocycles. The fraction of sp³-hybridized carbons (Fsp3) is 0.160. The van der Waals surface area contributed by atoms with Gasteiger partial charge in [-0.1, -0.05) is 6.07 Å². The molecule has 0 fully saturated rings. The summed E-state index contributed by atoms with van der Waals surface area (Å²) in [7, 11) is 0. The highest BCUT2D eigenvalue weighted by atomic mass is 19.1. The number of aromatic nitrogens is 4. The van der Waals surface area contributed by atoms with Gasteiger partial charge in [0.1, 0.15) is 17.8 Å². The molecule has 7 nitrogen and oxygen atoms in total. The molecule has 4 rings (SSSR count). The highest BCUT2D eigenvalue weighted by molar-refractivity contribution is 6.04. The van der Waals surface area contributed by atoms with Crippen molar-refractivity contribution in [2.24, 2.45) is 0 Å². The Labute approximate surface area is 191 Å². The molecule has 0 radical (unpaired) electrons. The van der Waals surface area contributed by atoms with Gasteiger partial charge < -0.3 is 11.1 Å². The minimum Gasteiger partial charge on any atom is -0.384 e. The SMILES string of the molecule is Cc1ccc(NC(=O)c2ccnc(C(C)(C)F)c2)cc1-c1cncc(-c2cc(N)ncn2)c1. The summed E-state index contributed by atoms with van der Waals surface area (Å²) in [6.07, 6.45) is 6.30. The number of carbonyl (C=O) groups excluding carboxylic acids is 1. The molecule has 0 aliphatic heterocycles. The zero-order valence-corrected chi connectivity index (χ0v) is 18.5. The van der Waals surface area contributed by atoms with Gasteiger partial charge >= 0.3 is 0 Å². The predicted molar refractivity (Wildman–Crippen MR) is 126 cm³/mol. The molecule has 0 spiro atoms. The van der Waals surface area contributed by atoms with Crippen LogP contribution in [0.5, 0.6) is 0 Å². The van der Waals surface area contributed by atoms with E-state index in [9.17, 15) is 9.18 Å². The molecule has 0 saturated carbocycles. The second-order valence-corrected chi connectivity index (χ2v) is 8.18. The maximum Gasteiger partial charge on any atom is 0.255 e. The van der Waals surface area contributed by atoms with Crippen LogP contribution in [0.4, 0.5) is 15.9 Å². The number of alkyl halides is 1. The molecule has 0 bridgehead atoms. The number of benzene rings is 1. The van der Waals surface area contributed by atoms with E-state index in [1.165, 1.54) is 32.4 Å². The number of pyridine rings is 2. The zero-order valence-electron chi connectivity index (χ0n) is 18.5. The summed E-state index contributed by atoms with van der Waals surface area (Å²) in [5.74, 6) is 0.0303.